The van der Waals surface area contributed by atoms with Crippen molar-refractivity contribution in [1.82, 2.24) is 10.3 Å². The molecule has 9 heteroatoms. The average Bonchev–Trinajstić information content (AvgIpc) is 2.92. The Morgan fingerprint density at radius 1 is 1.26 bits per heavy atom. The highest BCUT2D eigenvalue weighted by Crippen LogP contribution is 2.32. The smallest absolute Gasteiger partial charge is 0.346 e. The van der Waals surface area contributed by atoms with E-state index in [2.05, 4.69) is 10.4 Å². The molecular formula is C18H16N4O5. The Labute approximate surface area is 154 Å². The number of amides is 3. The van der Waals surface area contributed by atoms with Crippen molar-refractivity contribution in [2.24, 2.45) is 5.10 Å². The molecule has 3 amide bonds. The Balaban J connectivity index is 1.91. The monoisotopic (exact) mass is 368 g/mol. The van der Waals surface area contributed by atoms with Crippen LogP contribution in [-0.4, -0.2) is 33.2 Å². The first-order valence-corrected chi connectivity index (χ1v) is 8.12. The van der Waals surface area contributed by atoms with Gasteiger partial charge in [-0.05, 0) is 24.1 Å². The van der Waals surface area contributed by atoms with E-state index in [0.29, 0.717) is 17.0 Å². The summed E-state index contributed by atoms with van der Waals surface area (Å²) < 4.78 is 0. The molecule has 0 aromatic heterocycles. The number of nitrogens with zero attached hydrogens (tertiary/aromatic N) is 3. The molecule has 0 aliphatic carbocycles. The van der Waals surface area contributed by atoms with Gasteiger partial charge in [-0.2, -0.15) is 5.10 Å². The molecule has 0 bridgehead atoms. The van der Waals surface area contributed by atoms with Crippen molar-refractivity contribution in [1.29, 1.82) is 0 Å². The first-order chi connectivity index (χ1) is 12.9. The Bertz CT molecular complexity index is 944. The number of phenols is 1. The second kappa shape index (κ2) is 6.87. The molecule has 27 heavy (non-hydrogen) atoms. The third-order valence-corrected chi connectivity index (χ3v) is 4.39. The van der Waals surface area contributed by atoms with Crippen LogP contribution in [0.1, 0.15) is 24.5 Å². The zero-order valence-corrected chi connectivity index (χ0v) is 14.3. The summed E-state index contributed by atoms with van der Waals surface area (Å²) in [6.07, 6.45) is 1.49. The molecular weight excluding hydrogens is 352 g/mol. The van der Waals surface area contributed by atoms with Crippen LogP contribution in [0, 0.1) is 10.1 Å². The second-order valence-corrected chi connectivity index (χ2v) is 5.92. The molecule has 2 aromatic rings. The third-order valence-electron chi connectivity index (χ3n) is 4.39. The SMILES string of the molecule is CC[C@]1(c2ccccc2)NC(=O)N(/N=C/c2ccc(O)c([N+](=O)[O-])c2)C1=O. The minimum Gasteiger partial charge on any atom is -0.502 e. The molecule has 1 aliphatic heterocycles. The number of phenolic OH excluding ortho intramolecular Hbond substituents is 1. The van der Waals surface area contributed by atoms with Gasteiger partial charge < -0.3 is 10.4 Å². The number of benzene rings is 2. The maximum absolute atomic E-state index is 12.9. The molecule has 3 rings (SSSR count). The number of imide groups is 1. The first kappa shape index (κ1) is 18.1. The number of nitro groups is 1. The summed E-state index contributed by atoms with van der Waals surface area (Å²) >= 11 is 0. The predicted octanol–water partition coefficient (Wildman–Crippen LogP) is 2.49. The van der Waals surface area contributed by atoms with E-state index in [1.54, 1.807) is 31.2 Å². The number of urea groups is 1. The summed E-state index contributed by atoms with van der Waals surface area (Å²) in [5.74, 6) is -1.02. The fraction of sp³-hybridized carbons (Fsp3) is 0.167. The van der Waals surface area contributed by atoms with Gasteiger partial charge in [-0.15, -0.1) is 5.01 Å². The van der Waals surface area contributed by atoms with Gasteiger partial charge in [0.05, 0.1) is 11.1 Å². The van der Waals surface area contributed by atoms with Gasteiger partial charge in [0, 0.05) is 11.6 Å². The summed E-state index contributed by atoms with van der Waals surface area (Å²) in [6.45, 7) is 1.78. The topological polar surface area (TPSA) is 125 Å². The molecule has 0 unspecified atom stereocenters. The second-order valence-electron chi connectivity index (χ2n) is 5.92. The van der Waals surface area contributed by atoms with Crippen LogP contribution in [0.5, 0.6) is 5.75 Å². The van der Waals surface area contributed by atoms with Crippen molar-refractivity contribution >= 4 is 23.8 Å². The molecule has 1 heterocycles. The molecule has 0 radical (unpaired) electrons. The number of rotatable bonds is 5. The highest BCUT2D eigenvalue weighted by atomic mass is 16.6. The lowest BCUT2D eigenvalue weighted by Gasteiger charge is -2.24. The molecule has 1 fully saturated rings. The van der Waals surface area contributed by atoms with Gasteiger partial charge in [-0.25, -0.2) is 4.79 Å². The summed E-state index contributed by atoms with van der Waals surface area (Å²) in [7, 11) is 0. The fourth-order valence-corrected chi connectivity index (χ4v) is 2.92. The van der Waals surface area contributed by atoms with E-state index < -0.39 is 33.8 Å². The third kappa shape index (κ3) is 3.10. The maximum Gasteiger partial charge on any atom is 0.346 e. The molecule has 9 nitrogen and oxygen atoms in total. The van der Waals surface area contributed by atoms with Gasteiger partial charge in [0.25, 0.3) is 5.91 Å². The van der Waals surface area contributed by atoms with Crippen molar-refractivity contribution in [3.63, 3.8) is 0 Å². The number of aromatic hydroxyl groups is 1. The first-order valence-electron chi connectivity index (χ1n) is 8.12. The van der Waals surface area contributed by atoms with Crippen molar-refractivity contribution < 1.29 is 19.6 Å². The van der Waals surface area contributed by atoms with E-state index in [9.17, 15) is 24.8 Å². The Morgan fingerprint density at radius 3 is 2.59 bits per heavy atom. The quantitative estimate of drug-likeness (QED) is 0.363. The summed E-state index contributed by atoms with van der Waals surface area (Å²) in [4.78, 5) is 35.4. The fourth-order valence-electron chi connectivity index (χ4n) is 2.92. The largest absolute Gasteiger partial charge is 0.502 e. The van der Waals surface area contributed by atoms with Gasteiger partial charge >= 0.3 is 11.7 Å². The van der Waals surface area contributed by atoms with Crippen LogP contribution < -0.4 is 5.32 Å². The zero-order chi connectivity index (χ0) is 19.6. The Morgan fingerprint density at radius 2 is 1.96 bits per heavy atom. The normalized spacial score (nSPS) is 19.5. The molecule has 1 saturated heterocycles. The van der Waals surface area contributed by atoms with Gasteiger partial charge in [0.1, 0.15) is 5.54 Å². The van der Waals surface area contributed by atoms with E-state index in [0.717, 1.165) is 18.3 Å². The molecule has 138 valence electrons. The molecule has 0 saturated carbocycles. The summed E-state index contributed by atoms with van der Waals surface area (Å²) in [5.41, 5.74) is -0.808. The van der Waals surface area contributed by atoms with Gasteiger partial charge in [-0.1, -0.05) is 37.3 Å². The van der Waals surface area contributed by atoms with Crippen LogP contribution in [0.2, 0.25) is 0 Å². The molecule has 2 N–H and O–H groups in total. The van der Waals surface area contributed by atoms with E-state index in [1.807, 2.05) is 6.07 Å². The predicted molar refractivity (Wildman–Crippen MR) is 96.1 cm³/mol. The number of hydrazone groups is 1. The Kier molecular flexibility index (Phi) is 4.59. The van der Waals surface area contributed by atoms with Crippen molar-refractivity contribution in [3.05, 3.63) is 69.8 Å². The van der Waals surface area contributed by atoms with E-state index >= 15 is 0 Å². The lowest BCUT2D eigenvalue weighted by Crippen LogP contribution is -2.43. The molecule has 2 aromatic carbocycles. The van der Waals surface area contributed by atoms with Crippen LogP contribution in [0.4, 0.5) is 10.5 Å². The van der Waals surface area contributed by atoms with Crippen LogP contribution in [0.25, 0.3) is 0 Å². The van der Waals surface area contributed by atoms with Crippen LogP contribution in [0.15, 0.2) is 53.6 Å². The standard InChI is InChI=1S/C18H16N4O5/c1-2-18(13-6-4-3-5-7-13)16(24)21(17(25)20-18)19-11-12-8-9-15(23)14(10-12)22(26)27/h3-11,23H,2H2,1H3,(H,20,25)/b19-11+/t18-/m1/s1. The maximum atomic E-state index is 12.9. The van der Waals surface area contributed by atoms with Crippen molar-refractivity contribution in [2.45, 2.75) is 18.9 Å². The van der Waals surface area contributed by atoms with Gasteiger partial charge in [-0.3, -0.25) is 14.9 Å². The van der Waals surface area contributed by atoms with Gasteiger partial charge in [0.15, 0.2) is 5.75 Å². The zero-order valence-electron chi connectivity index (χ0n) is 14.3. The van der Waals surface area contributed by atoms with Crippen LogP contribution in [0.3, 0.4) is 0 Å². The number of carbonyl (C=O) groups excluding carboxylic acids is 2. The van der Waals surface area contributed by atoms with E-state index in [4.69, 9.17) is 0 Å². The number of hydrogen-bond donors (Lipinski definition) is 2. The number of nitrogens with one attached hydrogen (secondary N) is 1. The minimum absolute atomic E-state index is 0.258. The highest BCUT2D eigenvalue weighted by Gasteiger charge is 2.51. The number of nitro benzene ring substituents is 1. The van der Waals surface area contributed by atoms with Gasteiger partial charge in [0.2, 0.25) is 0 Å². The minimum atomic E-state index is -1.21. The van der Waals surface area contributed by atoms with Crippen molar-refractivity contribution in [3.8, 4) is 5.75 Å². The number of carbonyl (C=O) groups is 2. The molecule has 1 aliphatic rings. The molecule has 0 spiro atoms. The van der Waals surface area contributed by atoms with E-state index in [-0.39, 0.29) is 5.56 Å². The summed E-state index contributed by atoms with van der Waals surface area (Å²) in [6, 6.07) is 11.8. The lowest BCUT2D eigenvalue weighted by molar-refractivity contribution is -0.385. The summed E-state index contributed by atoms with van der Waals surface area (Å²) in [5, 5.41) is 27.7. The van der Waals surface area contributed by atoms with Crippen molar-refractivity contribution in [2.75, 3.05) is 0 Å². The average molecular weight is 368 g/mol. The number of hydrogen-bond acceptors (Lipinski definition) is 6. The highest BCUT2D eigenvalue weighted by molar-refractivity contribution is 6.07. The van der Waals surface area contributed by atoms with Crippen LogP contribution in [-0.2, 0) is 10.3 Å². The Hall–Kier alpha value is -3.75. The lowest BCUT2D eigenvalue weighted by atomic mass is 9.87. The molecule has 1 atom stereocenters. The van der Waals surface area contributed by atoms with E-state index in [1.165, 1.54) is 6.07 Å². The van der Waals surface area contributed by atoms with Crippen LogP contribution >= 0.6 is 0 Å².